The van der Waals surface area contributed by atoms with E-state index < -0.39 is 41.3 Å². The maximum atomic E-state index is 14.0. The van der Waals surface area contributed by atoms with Gasteiger partial charge in [-0.15, -0.1) is 11.3 Å². The van der Waals surface area contributed by atoms with E-state index in [0.717, 1.165) is 76.1 Å². The first-order chi connectivity index (χ1) is 42.7. The number of thiazole rings is 1. The molecule has 5 amide bonds. The van der Waals surface area contributed by atoms with Crippen molar-refractivity contribution in [2.24, 2.45) is 5.41 Å². The number of aryl methyl sites for hydroxylation is 3. The van der Waals surface area contributed by atoms with Gasteiger partial charge in [0.15, 0.2) is 0 Å². The Morgan fingerprint density at radius 1 is 0.787 bits per heavy atom. The summed E-state index contributed by atoms with van der Waals surface area (Å²) >= 11 is 1.56. The van der Waals surface area contributed by atoms with Gasteiger partial charge < -0.3 is 75.6 Å². The summed E-state index contributed by atoms with van der Waals surface area (Å²) in [6.07, 6.45) is 2.16. The maximum absolute atomic E-state index is 14.0. The van der Waals surface area contributed by atoms with Crippen LogP contribution in [0.3, 0.4) is 0 Å². The lowest BCUT2D eigenvalue weighted by Gasteiger charge is -2.35. The molecule has 3 aromatic heterocycles. The Balaban J connectivity index is 0.693. The first-order valence-corrected chi connectivity index (χ1v) is 31.1. The summed E-state index contributed by atoms with van der Waals surface area (Å²) in [5, 5.41) is 33.7. The number of nitrogens with one attached hydrogen (secondary N) is 7. The molecule has 2 fully saturated rings. The van der Waals surface area contributed by atoms with Crippen LogP contribution in [0.5, 0.6) is 0 Å². The van der Waals surface area contributed by atoms with Crippen molar-refractivity contribution in [3.63, 3.8) is 0 Å². The number of aromatic amines is 1. The number of likely N-dealkylation sites (tertiary alicyclic amines) is 1. The standard InChI is InChI=1S/C64H88N12O12S/c1-41(2)71-53-31-48(30-50(51(53)33-65)60(80)69-36-52-42(3)29-43(4)72-61(52)81)47-13-14-55(67-35-47)75-19-17-74(18-20-75)16-15-66-56(78)38-87-27-25-85-23-21-84-22-24-86-26-28-88-39-57(79)73-59(64(6,7)8)63(83)76-37-49(77)32-54(76)62(82)68-34-45-9-11-46(12-10-45)58-44(5)70-40-89-58/h9-14,29-31,33,35,40-41,49,54,59,65,71,77H,15-28,32,34,36-39H2,1-8H3,(H,66,78)(H,68,82)(H,69,80)(H,72,81)(H,73,79)/t49-,54+,59?/m1/s1. The molecule has 482 valence electrons. The van der Waals surface area contributed by atoms with Gasteiger partial charge in [0.2, 0.25) is 23.6 Å². The molecule has 5 aromatic rings. The summed E-state index contributed by atoms with van der Waals surface area (Å²) in [5.74, 6) is -1.12. The third-order valence-corrected chi connectivity index (χ3v) is 16.1. The van der Waals surface area contributed by atoms with E-state index in [4.69, 9.17) is 34.1 Å². The zero-order valence-electron chi connectivity index (χ0n) is 52.5. The van der Waals surface area contributed by atoms with Crippen molar-refractivity contribution in [3.8, 4) is 21.6 Å². The fraction of sp³-hybridized carbons (Fsp3) is 0.516. The van der Waals surface area contributed by atoms with Gasteiger partial charge in [-0.2, -0.15) is 0 Å². The zero-order chi connectivity index (χ0) is 64.0. The van der Waals surface area contributed by atoms with Crippen molar-refractivity contribution in [2.75, 3.05) is 122 Å². The number of H-pyrrole nitrogens is 1. The Kier molecular flexibility index (Phi) is 26.3. The van der Waals surface area contributed by atoms with Crippen molar-refractivity contribution >= 4 is 58.6 Å². The number of rotatable bonds is 33. The monoisotopic (exact) mass is 1250 g/mol. The molecule has 0 radical (unpaired) electrons. The molecule has 89 heavy (non-hydrogen) atoms. The van der Waals surface area contributed by atoms with E-state index in [2.05, 4.69) is 46.4 Å². The number of aliphatic hydroxyl groups is 1. The molecule has 1 unspecified atom stereocenters. The van der Waals surface area contributed by atoms with Crippen molar-refractivity contribution in [1.82, 2.24) is 46.0 Å². The van der Waals surface area contributed by atoms with Gasteiger partial charge in [0.25, 0.3) is 11.5 Å². The lowest BCUT2D eigenvalue weighted by molar-refractivity contribution is -0.144. The van der Waals surface area contributed by atoms with Crippen molar-refractivity contribution in [3.05, 3.63) is 116 Å². The molecule has 0 spiro atoms. The molecule has 0 bridgehead atoms. The van der Waals surface area contributed by atoms with Gasteiger partial charge in [0.05, 0.1) is 80.6 Å². The number of β-amino-alcohol motifs (C(OH)–C–C–N with tert-alkyl or cyclic N) is 1. The highest BCUT2D eigenvalue weighted by Crippen LogP contribution is 2.31. The number of pyridine rings is 2. The fourth-order valence-electron chi connectivity index (χ4n) is 10.4. The topological polar surface area (TPSA) is 304 Å². The number of anilines is 2. The Morgan fingerprint density at radius 3 is 2.01 bits per heavy atom. The molecular weight excluding hydrogens is 1160 g/mol. The number of hydrogen-bond acceptors (Lipinski definition) is 19. The van der Waals surface area contributed by atoms with Crippen LogP contribution in [0.1, 0.15) is 85.0 Å². The van der Waals surface area contributed by atoms with E-state index in [9.17, 15) is 33.9 Å². The SMILES string of the molecule is Cc1cc(C)c(CNC(=O)c2cc(-c3ccc(N4CCN(CCNC(=O)COCCOCCOCCOCCOCC(=O)NC(C(=O)N5C[C@H](O)C[C@H]5C(=O)NCc5ccc(-c6scnc6C)cc5)C(C)(C)C)CC4)nc3)cc(NC(C)C)c2C=N)c(=O)[nH]1. The summed E-state index contributed by atoms with van der Waals surface area (Å²) in [6.45, 7) is 21.4. The number of aromatic nitrogens is 3. The first kappa shape index (κ1) is 69.0. The van der Waals surface area contributed by atoms with E-state index in [1.165, 1.54) is 11.1 Å². The Bertz CT molecular complexity index is 3220. The van der Waals surface area contributed by atoms with E-state index in [0.29, 0.717) is 68.5 Å². The number of benzene rings is 2. The molecule has 5 heterocycles. The van der Waals surface area contributed by atoms with Crippen LogP contribution in [0.25, 0.3) is 21.6 Å². The predicted molar refractivity (Wildman–Crippen MR) is 341 cm³/mol. The molecule has 0 saturated carbocycles. The minimum absolute atomic E-state index is 0.0304. The van der Waals surface area contributed by atoms with Crippen LogP contribution in [0.2, 0.25) is 0 Å². The summed E-state index contributed by atoms with van der Waals surface area (Å²) < 4.78 is 27.7. The van der Waals surface area contributed by atoms with Gasteiger partial charge in [0, 0.05) is 112 Å². The number of carbonyl (C=O) groups is 5. The average Bonchev–Trinajstić information content (AvgIpc) is 3.10. The predicted octanol–water partition coefficient (Wildman–Crippen LogP) is 4.36. The highest BCUT2D eigenvalue weighted by atomic mass is 32.1. The molecule has 8 N–H and O–H groups in total. The molecular formula is C64H88N12O12S. The number of aliphatic hydroxyl groups excluding tert-OH is 1. The molecule has 25 heteroatoms. The molecule has 2 aromatic carbocycles. The minimum atomic E-state index is -0.983. The number of ether oxygens (including phenoxy) is 5. The van der Waals surface area contributed by atoms with Crippen LogP contribution < -0.4 is 37.0 Å². The van der Waals surface area contributed by atoms with Crippen LogP contribution in [0.4, 0.5) is 11.5 Å². The maximum Gasteiger partial charge on any atom is 0.253 e. The highest BCUT2D eigenvalue weighted by Gasteiger charge is 2.44. The first-order valence-electron chi connectivity index (χ1n) is 30.3. The van der Waals surface area contributed by atoms with Crippen LogP contribution >= 0.6 is 11.3 Å². The quantitative estimate of drug-likeness (QED) is 0.0214. The van der Waals surface area contributed by atoms with Crippen LogP contribution in [0, 0.1) is 31.6 Å². The second-order valence-electron chi connectivity index (χ2n) is 23.5. The molecule has 2 aliphatic heterocycles. The Labute approximate surface area is 524 Å². The molecule has 3 atom stereocenters. The number of piperazine rings is 1. The normalized spacial score (nSPS) is 15.7. The van der Waals surface area contributed by atoms with Gasteiger partial charge in [-0.25, -0.2) is 9.97 Å². The minimum Gasteiger partial charge on any atom is -0.391 e. The average molecular weight is 1250 g/mol. The van der Waals surface area contributed by atoms with E-state index >= 15 is 0 Å². The summed E-state index contributed by atoms with van der Waals surface area (Å²) in [6, 6.07) is 15.5. The van der Waals surface area contributed by atoms with Crippen LogP contribution in [0.15, 0.2) is 71.1 Å². The van der Waals surface area contributed by atoms with Gasteiger partial charge >= 0.3 is 0 Å². The van der Waals surface area contributed by atoms with E-state index in [1.54, 1.807) is 29.1 Å². The summed E-state index contributed by atoms with van der Waals surface area (Å²) in [7, 11) is 0. The largest absolute Gasteiger partial charge is 0.391 e. The second-order valence-corrected chi connectivity index (χ2v) is 24.4. The molecule has 7 rings (SSSR count). The van der Waals surface area contributed by atoms with E-state index in [-0.39, 0.29) is 82.5 Å². The molecule has 2 saturated heterocycles. The summed E-state index contributed by atoms with van der Waals surface area (Å²) in [5.41, 5.74) is 8.69. The van der Waals surface area contributed by atoms with Crippen molar-refractivity contribution in [2.45, 2.75) is 99.1 Å². The fourth-order valence-corrected chi connectivity index (χ4v) is 11.2. The lowest BCUT2D eigenvalue weighted by Crippen LogP contribution is -2.58. The van der Waals surface area contributed by atoms with Gasteiger partial charge in [0.1, 0.15) is 31.1 Å². The lowest BCUT2D eigenvalue weighted by atomic mass is 9.85. The Morgan fingerprint density at radius 2 is 1.43 bits per heavy atom. The number of nitrogens with zero attached hydrogens (tertiary/aromatic N) is 5. The van der Waals surface area contributed by atoms with Crippen molar-refractivity contribution < 1.29 is 52.8 Å². The van der Waals surface area contributed by atoms with Crippen LogP contribution in [-0.2, 0) is 56.0 Å². The van der Waals surface area contributed by atoms with Crippen LogP contribution in [-0.4, -0.2) is 202 Å². The van der Waals surface area contributed by atoms with Crippen molar-refractivity contribution in [1.29, 1.82) is 5.41 Å². The third kappa shape index (κ3) is 20.8. The molecule has 2 aliphatic rings. The number of amides is 5. The number of hydrogen-bond donors (Lipinski definition) is 8. The zero-order valence-corrected chi connectivity index (χ0v) is 53.3. The van der Waals surface area contributed by atoms with Gasteiger partial charge in [-0.3, -0.25) is 33.7 Å². The second kappa shape index (κ2) is 33.9. The van der Waals surface area contributed by atoms with Gasteiger partial charge in [-0.1, -0.05) is 45.0 Å². The Hall–Kier alpha value is -7.49. The molecule has 24 nitrogen and oxygen atoms in total. The molecule has 0 aliphatic carbocycles. The summed E-state index contributed by atoms with van der Waals surface area (Å²) in [4.78, 5) is 98.1. The van der Waals surface area contributed by atoms with Gasteiger partial charge in [-0.05, 0) is 92.6 Å². The van der Waals surface area contributed by atoms with E-state index in [1.807, 2.05) is 104 Å². The third-order valence-electron chi connectivity index (χ3n) is 15.1. The smallest absolute Gasteiger partial charge is 0.253 e. The number of carbonyl (C=O) groups excluding carboxylic acids is 5. The highest BCUT2D eigenvalue weighted by molar-refractivity contribution is 7.13.